The average molecular weight is 377 g/mol. The number of halogens is 1. The summed E-state index contributed by atoms with van der Waals surface area (Å²) in [7, 11) is 0. The van der Waals surface area contributed by atoms with E-state index in [4.69, 9.17) is 9.15 Å². The first-order chi connectivity index (χ1) is 13.4. The molecule has 4 rings (SSSR count). The number of ether oxygens (including phenoxy) is 1. The van der Waals surface area contributed by atoms with Gasteiger partial charge in [0.15, 0.2) is 17.1 Å². The van der Waals surface area contributed by atoms with Crippen molar-refractivity contribution < 1.29 is 23.4 Å². The molecule has 0 aliphatic carbocycles. The molecule has 1 aromatic heterocycles. The number of benzene rings is 3. The molecule has 28 heavy (non-hydrogen) atoms. The quantitative estimate of drug-likeness (QED) is 0.394. The van der Waals surface area contributed by atoms with Crippen molar-refractivity contribution in [2.24, 2.45) is 0 Å². The summed E-state index contributed by atoms with van der Waals surface area (Å²) in [6.07, 6.45) is 0. The van der Waals surface area contributed by atoms with Crippen LogP contribution in [0.25, 0.3) is 22.6 Å². The maximum atomic E-state index is 13.7. The molecule has 0 spiro atoms. The second-order valence-electron chi connectivity index (χ2n) is 6.48. The van der Waals surface area contributed by atoms with Gasteiger partial charge in [0.25, 0.3) is 0 Å². The monoisotopic (exact) mass is 377 g/mol. The van der Waals surface area contributed by atoms with Gasteiger partial charge in [-0.3, -0.25) is 0 Å². The summed E-state index contributed by atoms with van der Waals surface area (Å²) in [5.41, 5.74) is 3.34. The SMILES string of the molecule is Cc1cc(-c2nc3ccc(C(=O)Oc4ccccc4F)cc3o2)cc(C)c1O. The Hall–Kier alpha value is -3.67. The zero-order valence-corrected chi connectivity index (χ0v) is 15.2. The van der Waals surface area contributed by atoms with Gasteiger partial charge >= 0.3 is 5.97 Å². The molecule has 6 heteroatoms. The van der Waals surface area contributed by atoms with Crippen LogP contribution in [0, 0.1) is 19.7 Å². The highest BCUT2D eigenvalue weighted by Crippen LogP contribution is 2.31. The van der Waals surface area contributed by atoms with Crippen molar-refractivity contribution in [3.05, 3.63) is 77.1 Å². The van der Waals surface area contributed by atoms with Crippen molar-refractivity contribution in [1.82, 2.24) is 4.98 Å². The zero-order valence-electron chi connectivity index (χ0n) is 15.2. The van der Waals surface area contributed by atoms with Gasteiger partial charge in [-0.1, -0.05) is 12.1 Å². The number of aromatic hydroxyl groups is 1. The normalized spacial score (nSPS) is 11.0. The fourth-order valence-electron chi connectivity index (χ4n) is 2.94. The van der Waals surface area contributed by atoms with E-state index in [2.05, 4.69) is 4.98 Å². The Balaban J connectivity index is 1.67. The fourth-order valence-corrected chi connectivity index (χ4v) is 2.94. The lowest BCUT2D eigenvalue weighted by molar-refractivity contribution is 0.0728. The van der Waals surface area contributed by atoms with E-state index in [9.17, 15) is 14.3 Å². The zero-order chi connectivity index (χ0) is 19.8. The predicted molar refractivity (Wildman–Crippen MR) is 102 cm³/mol. The van der Waals surface area contributed by atoms with Gasteiger partial charge < -0.3 is 14.3 Å². The minimum atomic E-state index is -0.693. The number of phenols is 1. The molecule has 0 saturated carbocycles. The van der Waals surface area contributed by atoms with E-state index in [1.54, 1.807) is 44.2 Å². The molecular weight excluding hydrogens is 361 g/mol. The predicted octanol–water partition coefficient (Wildman–Crippen LogP) is 5.18. The highest BCUT2D eigenvalue weighted by Gasteiger charge is 2.16. The molecular formula is C22H16FNO4. The first kappa shape index (κ1) is 17.7. The van der Waals surface area contributed by atoms with Crippen LogP contribution < -0.4 is 4.74 Å². The van der Waals surface area contributed by atoms with Crippen LogP contribution in [0.3, 0.4) is 0 Å². The van der Waals surface area contributed by atoms with Gasteiger partial charge in [-0.2, -0.15) is 0 Å². The molecule has 1 heterocycles. The number of carbonyl (C=O) groups excluding carboxylic acids is 1. The maximum Gasteiger partial charge on any atom is 0.343 e. The molecule has 0 unspecified atom stereocenters. The minimum Gasteiger partial charge on any atom is -0.507 e. The Morgan fingerprint density at radius 2 is 1.79 bits per heavy atom. The summed E-state index contributed by atoms with van der Waals surface area (Å²) in [6, 6.07) is 14.0. The van der Waals surface area contributed by atoms with Gasteiger partial charge in [0.1, 0.15) is 11.3 Å². The van der Waals surface area contributed by atoms with Crippen molar-refractivity contribution in [3.8, 4) is 23.0 Å². The van der Waals surface area contributed by atoms with E-state index in [1.165, 1.54) is 24.3 Å². The van der Waals surface area contributed by atoms with Crippen LogP contribution in [0.2, 0.25) is 0 Å². The number of aromatic nitrogens is 1. The van der Waals surface area contributed by atoms with E-state index in [1.807, 2.05) is 0 Å². The largest absolute Gasteiger partial charge is 0.507 e. The van der Waals surface area contributed by atoms with E-state index in [0.29, 0.717) is 28.1 Å². The molecule has 3 aromatic carbocycles. The number of carbonyl (C=O) groups is 1. The lowest BCUT2D eigenvalue weighted by atomic mass is 10.1. The van der Waals surface area contributed by atoms with E-state index in [-0.39, 0.29) is 17.1 Å². The van der Waals surface area contributed by atoms with Gasteiger partial charge in [-0.05, 0) is 67.4 Å². The van der Waals surface area contributed by atoms with Crippen LogP contribution in [-0.4, -0.2) is 16.1 Å². The summed E-state index contributed by atoms with van der Waals surface area (Å²) in [6.45, 7) is 3.59. The molecule has 0 aliphatic heterocycles. The van der Waals surface area contributed by atoms with Gasteiger partial charge in [0, 0.05) is 5.56 Å². The van der Waals surface area contributed by atoms with Crippen LogP contribution in [0.1, 0.15) is 21.5 Å². The second kappa shape index (κ2) is 6.81. The number of hydrogen-bond donors (Lipinski definition) is 1. The lowest BCUT2D eigenvalue weighted by Gasteiger charge is -2.05. The van der Waals surface area contributed by atoms with E-state index in [0.717, 1.165) is 5.56 Å². The number of para-hydroxylation sites is 1. The smallest absolute Gasteiger partial charge is 0.343 e. The van der Waals surface area contributed by atoms with Gasteiger partial charge in [-0.25, -0.2) is 14.2 Å². The van der Waals surface area contributed by atoms with Crippen molar-refractivity contribution in [3.63, 3.8) is 0 Å². The molecule has 5 nitrogen and oxygen atoms in total. The van der Waals surface area contributed by atoms with Gasteiger partial charge in [0.05, 0.1) is 5.56 Å². The highest BCUT2D eigenvalue weighted by molar-refractivity contribution is 5.94. The van der Waals surface area contributed by atoms with Gasteiger partial charge in [-0.15, -0.1) is 0 Å². The van der Waals surface area contributed by atoms with Crippen LogP contribution in [0.15, 0.2) is 59.0 Å². The number of aryl methyl sites for hydroxylation is 2. The Morgan fingerprint density at radius 1 is 1.07 bits per heavy atom. The van der Waals surface area contributed by atoms with Crippen molar-refractivity contribution in [2.75, 3.05) is 0 Å². The second-order valence-corrected chi connectivity index (χ2v) is 6.48. The van der Waals surface area contributed by atoms with Crippen molar-refractivity contribution in [2.45, 2.75) is 13.8 Å². The highest BCUT2D eigenvalue weighted by atomic mass is 19.1. The summed E-state index contributed by atoms with van der Waals surface area (Å²) in [4.78, 5) is 16.8. The number of fused-ring (bicyclic) bond motifs is 1. The summed E-state index contributed by atoms with van der Waals surface area (Å²) in [5.74, 6) is -0.835. The first-order valence-electron chi connectivity index (χ1n) is 8.60. The fraction of sp³-hybridized carbons (Fsp3) is 0.0909. The molecule has 0 aliphatic rings. The molecule has 0 saturated heterocycles. The number of nitrogens with zero attached hydrogens (tertiary/aromatic N) is 1. The standard InChI is InChI=1S/C22H16FNO4/c1-12-9-15(10-13(2)20(12)25)21-24-17-8-7-14(11-19(17)27-21)22(26)28-18-6-4-3-5-16(18)23/h3-11,25H,1-2H3. The Kier molecular flexibility index (Phi) is 4.31. The third-order valence-corrected chi connectivity index (χ3v) is 4.40. The van der Waals surface area contributed by atoms with Gasteiger partial charge in [0.2, 0.25) is 5.89 Å². The maximum absolute atomic E-state index is 13.7. The molecule has 1 N–H and O–H groups in total. The number of esters is 1. The van der Waals surface area contributed by atoms with Crippen molar-refractivity contribution >= 4 is 17.1 Å². The van der Waals surface area contributed by atoms with Crippen molar-refractivity contribution in [1.29, 1.82) is 0 Å². The van der Waals surface area contributed by atoms with Crippen LogP contribution in [0.4, 0.5) is 4.39 Å². The summed E-state index contributed by atoms with van der Waals surface area (Å²) >= 11 is 0. The summed E-state index contributed by atoms with van der Waals surface area (Å²) < 4.78 is 24.6. The topological polar surface area (TPSA) is 72.6 Å². The molecule has 0 amide bonds. The number of oxazole rings is 1. The Morgan fingerprint density at radius 3 is 2.50 bits per heavy atom. The van der Waals surface area contributed by atoms with E-state index < -0.39 is 11.8 Å². The molecule has 0 fully saturated rings. The molecule has 0 radical (unpaired) electrons. The average Bonchev–Trinajstić information content (AvgIpc) is 3.10. The number of hydrogen-bond acceptors (Lipinski definition) is 5. The number of phenolic OH excluding ortho intramolecular Hbond substituents is 1. The lowest BCUT2D eigenvalue weighted by Crippen LogP contribution is -2.09. The van der Waals surface area contributed by atoms with Crippen LogP contribution >= 0.6 is 0 Å². The Bertz CT molecular complexity index is 1190. The molecule has 4 aromatic rings. The third kappa shape index (κ3) is 3.20. The number of rotatable bonds is 3. The summed E-state index contributed by atoms with van der Waals surface area (Å²) in [5, 5.41) is 9.93. The van der Waals surface area contributed by atoms with Crippen LogP contribution in [0.5, 0.6) is 11.5 Å². The molecule has 140 valence electrons. The first-order valence-corrected chi connectivity index (χ1v) is 8.60. The van der Waals surface area contributed by atoms with E-state index >= 15 is 0 Å². The van der Waals surface area contributed by atoms with Crippen LogP contribution in [-0.2, 0) is 0 Å². The third-order valence-electron chi connectivity index (χ3n) is 4.40. The Labute approximate surface area is 160 Å². The molecule has 0 bridgehead atoms. The molecule has 0 atom stereocenters. The minimum absolute atomic E-state index is 0.138.